The number of aromatic nitrogens is 3. The zero-order valence-electron chi connectivity index (χ0n) is 16.9. The van der Waals surface area contributed by atoms with Crippen LogP contribution in [0.5, 0.6) is 0 Å². The summed E-state index contributed by atoms with van der Waals surface area (Å²) in [6.45, 7) is 0. The molecular weight excluding hydrogens is 423 g/mol. The molecule has 0 aliphatic carbocycles. The molecule has 0 aliphatic rings. The minimum Gasteiger partial charge on any atom is -0.469 e. The van der Waals surface area contributed by atoms with Gasteiger partial charge in [-0.2, -0.15) is 0 Å². The van der Waals surface area contributed by atoms with Gasteiger partial charge in [0.1, 0.15) is 5.82 Å². The Bertz CT molecular complexity index is 1360. The second kappa shape index (κ2) is 8.70. The Morgan fingerprint density at radius 3 is 2.59 bits per heavy atom. The summed E-state index contributed by atoms with van der Waals surface area (Å²) in [5.74, 6) is -4.80. The lowest BCUT2D eigenvalue weighted by atomic mass is 9.86. The third-order valence-electron chi connectivity index (χ3n) is 5.34. The predicted octanol–water partition coefficient (Wildman–Crippen LogP) is 3.95. The first kappa shape index (κ1) is 21.4. The molecule has 164 valence electrons. The van der Waals surface area contributed by atoms with Crippen molar-refractivity contribution in [3.05, 3.63) is 98.9 Å². The summed E-state index contributed by atoms with van der Waals surface area (Å²) in [5, 5.41) is 5.94. The number of benzene rings is 2. The van der Waals surface area contributed by atoms with Gasteiger partial charge in [-0.15, -0.1) is 0 Å². The second-order valence-electron chi connectivity index (χ2n) is 7.26. The van der Waals surface area contributed by atoms with Crippen molar-refractivity contribution < 1.29 is 22.7 Å². The zero-order chi connectivity index (χ0) is 22.8. The first-order valence-electron chi connectivity index (χ1n) is 9.72. The van der Waals surface area contributed by atoms with E-state index in [0.29, 0.717) is 17.1 Å². The Balaban J connectivity index is 1.86. The minimum atomic E-state index is -1.31. The van der Waals surface area contributed by atoms with E-state index in [1.807, 2.05) is 12.1 Å². The number of para-hydroxylation sites is 1. The third-order valence-corrected chi connectivity index (χ3v) is 5.34. The predicted molar refractivity (Wildman–Crippen MR) is 111 cm³/mol. The van der Waals surface area contributed by atoms with E-state index in [9.17, 15) is 22.8 Å². The van der Waals surface area contributed by atoms with Crippen molar-refractivity contribution in [3.8, 4) is 0 Å². The van der Waals surface area contributed by atoms with Crippen molar-refractivity contribution in [1.82, 2.24) is 15.2 Å². The van der Waals surface area contributed by atoms with E-state index in [2.05, 4.69) is 15.2 Å². The number of ether oxygens (including phenoxy) is 1. The maximum Gasteiger partial charge on any atom is 0.306 e. The number of hydrogen-bond donors (Lipinski definition) is 2. The molecule has 2 heterocycles. The van der Waals surface area contributed by atoms with E-state index in [0.717, 1.165) is 11.5 Å². The second-order valence-corrected chi connectivity index (χ2v) is 7.26. The molecule has 2 aromatic carbocycles. The molecule has 0 saturated heterocycles. The highest BCUT2D eigenvalue weighted by molar-refractivity contribution is 5.83. The molecule has 0 amide bonds. The molecular formula is C23H18F3N3O3. The minimum absolute atomic E-state index is 0.145. The van der Waals surface area contributed by atoms with Gasteiger partial charge in [-0.05, 0) is 23.3 Å². The topological polar surface area (TPSA) is 87.8 Å². The summed E-state index contributed by atoms with van der Waals surface area (Å²) < 4.78 is 46.1. The van der Waals surface area contributed by atoms with E-state index in [1.165, 1.54) is 7.11 Å². The number of nitrogens with one attached hydrogen (secondary N) is 2. The number of methoxy groups -OCH3 is 1. The number of esters is 1. The number of pyridine rings is 1. The van der Waals surface area contributed by atoms with Crippen LogP contribution in [-0.4, -0.2) is 28.3 Å². The largest absolute Gasteiger partial charge is 0.469 e. The molecule has 2 aromatic heterocycles. The molecule has 32 heavy (non-hydrogen) atoms. The average Bonchev–Trinajstić information content (AvgIpc) is 3.15. The molecule has 4 rings (SSSR count). The van der Waals surface area contributed by atoms with Crippen LogP contribution >= 0.6 is 0 Å². The quantitative estimate of drug-likeness (QED) is 0.350. The van der Waals surface area contributed by atoms with Gasteiger partial charge in [-0.1, -0.05) is 24.3 Å². The number of nitrogens with zero attached hydrogens (tertiary/aromatic N) is 1. The smallest absolute Gasteiger partial charge is 0.306 e. The summed E-state index contributed by atoms with van der Waals surface area (Å²) in [6.07, 6.45) is 1.19. The Labute approximate surface area is 180 Å². The van der Waals surface area contributed by atoms with Crippen LogP contribution in [0.1, 0.15) is 34.7 Å². The highest BCUT2D eigenvalue weighted by atomic mass is 19.2. The molecule has 9 heteroatoms. The fraction of sp³-hybridized carbons (Fsp3) is 0.174. The Kier molecular flexibility index (Phi) is 5.81. The number of hydrogen-bond acceptors (Lipinski definition) is 4. The molecule has 6 nitrogen and oxygen atoms in total. The van der Waals surface area contributed by atoms with Crippen molar-refractivity contribution in [1.29, 1.82) is 0 Å². The first-order chi connectivity index (χ1) is 15.4. The van der Waals surface area contributed by atoms with Crippen LogP contribution in [-0.2, 0) is 16.0 Å². The Morgan fingerprint density at radius 1 is 1.06 bits per heavy atom. The van der Waals surface area contributed by atoms with Gasteiger partial charge in [-0.3, -0.25) is 19.7 Å². The van der Waals surface area contributed by atoms with Crippen LogP contribution in [0.4, 0.5) is 13.2 Å². The summed E-state index contributed by atoms with van der Waals surface area (Å²) in [6, 6.07) is 10.2. The van der Waals surface area contributed by atoms with Crippen LogP contribution in [0.15, 0.2) is 53.5 Å². The standard InChI is InChI=1S/C23H18F3N3O3/c1-32-20(30)10-15(14-6-2-4-12-5-3-7-27-22(12)14)21-19(28-29-23(21)31)9-13-8-17(25)18(26)11-16(13)24/h2-8,11,15H,9-10H2,1H3,(H2,28,29,31)/t15-/m0/s1. The monoisotopic (exact) mass is 441 g/mol. The van der Waals surface area contributed by atoms with Gasteiger partial charge in [0.2, 0.25) is 0 Å². The summed E-state index contributed by atoms with van der Waals surface area (Å²) >= 11 is 0. The first-order valence-corrected chi connectivity index (χ1v) is 9.72. The molecule has 0 radical (unpaired) electrons. The highest BCUT2D eigenvalue weighted by Gasteiger charge is 2.28. The number of carbonyl (C=O) groups excluding carboxylic acids is 1. The van der Waals surface area contributed by atoms with E-state index in [1.54, 1.807) is 24.4 Å². The fourth-order valence-electron chi connectivity index (χ4n) is 3.83. The number of aromatic amines is 2. The molecule has 0 saturated carbocycles. The Morgan fingerprint density at radius 2 is 1.81 bits per heavy atom. The maximum absolute atomic E-state index is 14.3. The van der Waals surface area contributed by atoms with Crippen LogP contribution < -0.4 is 5.56 Å². The lowest BCUT2D eigenvalue weighted by Gasteiger charge is -2.18. The van der Waals surface area contributed by atoms with Gasteiger partial charge in [0, 0.05) is 41.2 Å². The van der Waals surface area contributed by atoms with Crippen molar-refractivity contribution in [2.45, 2.75) is 18.8 Å². The van der Waals surface area contributed by atoms with Crippen LogP contribution in [0.25, 0.3) is 10.9 Å². The average molecular weight is 441 g/mol. The normalized spacial score (nSPS) is 12.1. The summed E-state index contributed by atoms with van der Waals surface area (Å²) in [7, 11) is 1.24. The molecule has 0 spiro atoms. The van der Waals surface area contributed by atoms with Crippen LogP contribution in [0.3, 0.4) is 0 Å². The van der Waals surface area contributed by atoms with Crippen molar-refractivity contribution >= 4 is 16.9 Å². The third kappa shape index (κ3) is 4.01. The number of rotatable bonds is 6. The van der Waals surface area contributed by atoms with Gasteiger partial charge >= 0.3 is 5.97 Å². The van der Waals surface area contributed by atoms with Gasteiger partial charge in [0.25, 0.3) is 5.56 Å². The number of carbonyl (C=O) groups is 1. The van der Waals surface area contributed by atoms with E-state index < -0.39 is 34.9 Å². The molecule has 0 fully saturated rings. The molecule has 0 aliphatic heterocycles. The van der Waals surface area contributed by atoms with E-state index >= 15 is 0 Å². The van der Waals surface area contributed by atoms with Crippen molar-refractivity contribution in [2.24, 2.45) is 0 Å². The maximum atomic E-state index is 14.3. The van der Waals surface area contributed by atoms with Gasteiger partial charge in [-0.25, -0.2) is 13.2 Å². The molecule has 2 N–H and O–H groups in total. The Hall–Kier alpha value is -3.88. The van der Waals surface area contributed by atoms with E-state index in [4.69, 9.17) is 4.74 Å². The van der Waals surface area contributed by atoms with Crippen molar-refractivity contribution in [3.63, 3.8) is 0 Å². The van der Waals surface area contributed by atoms with Gasteiger partial charge in [0.05, 0.1) is 19.0 Å². The fourth-order valence-corrected chi connectivity index (χ4v) is 3.83. The number of halogens is 3. The van der Waals surface area contributed by atoms with Crippen molar-refractivity contribution in [2.75, 3.05) is 7.11 Å². The SMILES string of the molecule is COC(=O)C[C@H](c1c(Cc2cc(F)c(F)cc2F)[nH][nH]c1=O)c1cccc2cccnc12. The van der Waals surface area contributed by atoms with E-state index in [-0.39, 0.29) is 29.7 Å². The number of fused-ring (bicyclic) bond motifs is 1. The van der Waals surface area contributed by atoms with Crippen LogP contribution in [0.2, 0.25) is 0 Å². The zero-order valence-corrected chi connectivity index (χ0v) is 16.9. The number of H-pyrrole nitrogens is 2. The molecule has 0 bridgehead atoms. The van der Waals surface area contributed by atoms with Gasteiger partial charge in [0.15, 0.2) is 11.6 Å². The lowest BCUT2D eigenvalue weighted by molar-refractivity contribution is -0.140. The molecule has 1 atom stereocenters. The van der Waals surface area contributed by atoms with Crippen LogP contribution in [0, 0.1) is 17.5 Å². The molecule has 4 aromatic rings. The van der Waals surface area contributed by atoms with Gasteiger partial charge < -0.3 is 9.84 Å². The summed E-state index contributed by atoms with van der Waals surface area (Å²) in [4.78, 5) is 29.4. The highest BCUT2D eigenvalue weighted by Crippen LogP contribution is 2.33. The summed E-state index contributed by atoms with van der Waals surface area (Å²) in [5.41, 5.74) is 0.928. The molecule has 0 unspecified atom stereocenters. The lowest BCUT2D eigenvalue weighted by Crippen LogP contribution is -2.18.